The molecule has 1 atom stereocenters. The summed E-state index contributed by atoms with van der Waals surface area (Å²) in [5.74, 6) is -1.02. The Kier molecular flexibility index (Phi) is 7.58. The predicted molar refractivity (Wildman–Crippen MR) is 133 cm³/mol. The summed E-state index contributed by atoms with van der Waals surface area (Å²) in [6, 6.07) is 11.4. The molecule has 176 valence electrons. The SMILES string of the molecule is Cc1c(CCC(=O)O)cccc1NC(=O)C(c1ccc(-c2cncc(Cl)c2)cn1)C1CCCC1. The molecule has 1 aromatic carbocycles. The quantitative estimate of drug-likeness (QED) is 0.413. The highest BCUT2D eigenvalue weighted by Gasteiger charge is 2.33. The van der Waals surface area contributed by atoms with E-state index in [0.29, 0.717) is 11.4 Å². The molecule has 1 aliphatic rings. The van der Waals surface area contributed by atoms with Gasteiger partial charge in [0.2, 0.25) is 5.91 Å². The Morgan fingerprint density at radius 2 is 1.91 bits per heavy atom. The van der Waals surface area contributed by atoms with Crippen molar-refractivity contribution in [2.45, 2.75) is 51.4 Å². The number of aryl methyl sites for hydroxylation is 1. The fraction of sp³-hybridized carbons (Fsp3) is 0.333. The van der Waals surface area contributed by atoms with Crippen LogP contribution < -0.4 is 5.32 Å². The van der Waals surface area contributed by atoms with E-state index in [1.807, 2.05) is 43.3 Å². The Morgan fingerprint density at radius 3 is 2.59 bits per heavy atom. The standard InChI is InChI=1S/C27H28ClN3O3/c1-17-18(10-12-25(32)33)7-4-8-23(17)31-27(34)26(19-5-2-3-6-19)24-11-9-20(15-30-24)21-13-22(28)16-29-14-21/h4,7-9,11,13-16,19,26H,2-3,5-6,10,12H2,1H3,(H,31,34)(H,32,33). The monoisotopic (exact) mass is 477 g/mol. The van der Waals surface area contributed by atoms with Gasteiger partial charge in [0.25, 0.3) is 0 Å². The van der Waals surface area contributed by atoms with Crippen molar-refractivity contribution in [3.8, 4) is 11.1 Å². The van der Waals surface area contributed by atoms with E-state index in [0.717, 1.165) is 59.3 Å². The molecule has 7 heteroatoms. The molecule has 1 aliphatic carbocycles. The molecule has 0 aliphatic heterocycles. The molecule has 1 amide bonds. The minimum absolute atomic E-state index is 0.0569. The minimum atomic E-state index is -0.835. The molecule has 3 aromatic rings. The van der Waals surface area contributed by atoms with Crippen molar-refractivity contribution in [2.24, 2.45) is 5.92 Å². The number of carboxylic acid groups (broad SMARTS) is 1. The highest BCUT2D eigenvalue weighted by atomic mass is 35.5. The van der Waals surface area contributed by atoms with Gasteiger partial charge in [0, 0.05) is 41.8 Å². The summed E-state index contributed by atoms with van der Waals surface area (Å²) in [4.78, 5) is 33.4. The van der Waals surface area contributed by atoms with Gasteiger partial charge in [0.15, 0.2) is 0 Å². The molecule has 0 radical (unpaired) electrons. The normalized spacial score (nSPS) is 14.6. The Bertz CT molecular complexity index is 1170. The van der Waals surface area contributed by atoms with Gasteiger partial charge >= 0.3 is 5.97 Å². The molecule has 0 saturated heterocycles. The van der Waals surface area contributed by atoms with E-state index in [4.69, 9.17) is 16.7 Å². The number of amides is 1. The number of carboxylic acids is 1. The average molecular weight is 478 g/mol. The van der Waals surface area contributed by atoms with Crippen molar-refractivity contribution >= 4 is 29.2 Å². The summed E-state index contributed by atoms with van der Waals surface area (Å²) in [5, 5.41) is 12.7. The van der Waals surface area contributed by atoms with Crippen molar-refractivity contribution in [1.29, 1.82) is 0 Å². The van der Waals surface area contributed by atoms with Gasteiger partial charge in [-0.1, -0.05) is 42.6 Å². The molecule has 1 fully saturated rings. The molecule has 0 spiro atoms. The van der Waals surface area contributed by atoms with Crippen LogP contribution in [0.5, 0.6) is 0 Å². The van der Waals surface area contributed by atoms with Gasteiger partial charge in [-0.05, 0) is 61.4 Å². The first-order valence-corrected chi connectivity index (χ1v) is 12.0. The number of benzene rings is 1. The molecule has 1 saturated carbocycles. The van der Waals surface area contributed by atoms with Crippen molar-refractivity contribution in [3.05, 3.63) is 76.8 Å². The first-order valence-electron chi connectivity index (χ1n) is 11.6. The van der Waals surface area contributed by atoms with E-state index in [-0.39, 0.29) is 24.2 Å². The molecule has 2 N–H and O–H groups in total. The van der Waals surface area contributed by atoms with Crippen molar-refractivity contribution in [1.82, 2.24) is 9.97 Å². The average Bonchev–Trinajstić information content (AvgIpc) is 3.34. The van der Waals surface area contributed by atoms with Crippen LogP contribution in [0, 0.1) is 12.8 Å². The summed E-state index contributed by atoms with van der Waals surface area (Å²) >= 11 is 6.08. The Hall–Kier alpha value is -3.25. The summed E-state index contributed by atoms with van der Waals surface area (Å²) in [5.41, 5.74) is 5.07. The van der Waals surface area contributed by atoms with Crippen LogP contribution in [0.3, 0.4) is 0 Å². The first-order chi connectivity index (χ1) is 16.4. The van der Waals surface area contributed by atoms with Crippen LogP contribution in [0.15, 0.2) is 55.0 Å². The fourth-order valence-corrected chi connectivity index (χ4v) is 4.93. The molecule has 2 heterocycles. The predicted octanol–water partition coefficient (Wildman–Crippen LogP) is 6.04. The lowest BCUT2D eigenvalue weighted by Gasteiger charge is -2.23. The zero-order chi connectivity index (χ0) is 24.1. The maximum atomic E-state index is 13.6. The number of hydrogen-bond acceptors (Lipinski definition) is 4. The van der Waals surface area contributed by atoms with Gasteiger partial charge < -0.3 is 10.4 Å². The number of aliphatic carboxylic acids is 1. The molecule has 6 nitrogen and oxygen atoms in total. The zero-order valence-electron chi connectivity index (χ0n) is 19.1. The van der Waals surface area contributed by atoms with Crippen LogP contribution in [0.25, 0.3) is 11.1 Å². The van der Waals surface area contributed by atoms with Gasteiger partial charge in [-0.15, -0.1) is 0 Å². The lowest BCUT2D eigenvalue weighted by atomic mass is 9.86. The maximum Gasteiger partial charge on any atom is 0.303 e. The van der Waals surface area contributed by atoms with E-state index in [9.17, 15) is 9.59 Å². The summed E-state index contributed by atoms with van der Waals surface area (Å²) in [7, 11) is 0. The second-order valence-electron chi connectivity index (χ2n) is 8.86. The highest BCUT2D eigenvalue weighted by Crippen LogP contribution is 2.38. The number of halogens is 1. The van der Waals surface area contributed by atoms with E-state index < -0.39 is 5.97 Å². The van der Waals surface area contributed by atoms with Crippen molar-refractivity contribution in [3.63, 3.8) is 0 Å². The van der Waals surface area contributed by atoms with Gasteiger partial charge in [0.1, 0.15) is 0 Å². The van der Waals surface area contributed by atoms with Crippen LogP contribution in [0.2, 0.25) is 5.02 Å². The van der Waals surface area contributed by atoms with Crippen LogP contribution in [-0.4, -0.2) is 27.0 Å². The van der Waals surface area contributed by atoms with E-state index in [1.165, 1.54) is 0 Å². The molecular formula is C27H28ClN3O3. The van der Waals surface area contributed by atoms with Crippen LogP contribution in [0.1, 0.15) is 54.8 Å². The van der Waals surface area contributed by atoms with Gasteiger partial charge in [-0.3, -0.25) is 19.6 Å². The summed E-state index contributed by atoms with van der Waals surface area (Å²) in [6.07, 6.45) is 9.81. The smallest absolute Gasteiger partial charge is 0.303 e. The van der Waals surface area contributed by atoms with E-state index in [2.05, 4.69) is 15.3 Å². The number of hydrogen-bond donors (Lipinski definition) is 2. The van der Waals surface area contributed by atoms with Gasteiger partial charge in [0.05, 0.1) is 16.6 Å². The first kappa shape index (κ1) is 23.9. The third kappa shape index (κ3) is 5.62. The fourth-order valence-electron chi connectivity index (χ4n) is 4.75. The highest BCUT2D eigenvalue weighted by molar-refractivity contribution is 6.30. The lowest BCUT2D eigenvalue weighted by molar-refractivity contribution is -0.137. The van der Waals surface area contributed by atoms with Crippen LogP contribution >= 0.6 is 11.6 Å². The Morgan fingerprint density at radius 1 is 1.12 bits per heavy atom. The van der Waals surface area contributed by atoms with E-state index in [1.54, 1.807) is 18.6 Å². The Balaban J connectivity index is 1.58. The van der Waals surface area contributed by atoms with Crippen molar-refractivity contribution in [2.75, 3.05) is 5.32 Å². The van der Waals surface area contributed by atoms with Gasteiger partial charge in [-0.2, -0.15) is 0 Å². The van der Waals surface area contributed by atoms with E-state index >= 15 is 0 Å². The number of anilines is 1. The summed E-state index contributed by atoms with van der Waals surface area (Å²) in [6.45, 7) is 1.92. The lowest BCUT2D eigenvalue weighted by Crippen LogP contribution is -2.27. The van der Waals surface area contributed by atoms with Crippen LogP contribution in [0.4, 0.5) is 5.69 Å². The minimum Gasteiger partial charge on any atom is -0.481 e. The Labute approximate surface area is 204 Å². The molecule has 4 rings (SSSR count). The molecule has 2 aromatic heterocycles. The molecule has 0 bridgehead atoms. The number of nitrogens with zero attached hydrogens (tertiary/aromatic N) is 2. The van der Waals surface area contributed by atoms with Crippen LogP contribution in [-0.2, 0) is 16.0 Å². The largest absolute Gasteiger partial charge is 0.481 e. The van der Waals surface area contributed by atoms with Crippen molar-refractivity contribution < 1.29 is 14.7 Å². The van der Waals surface area contributed by atoms with Gasteiger partial charge in [-0.25, -0.2) is 0 Å². The number of aromatic nitrogens is 2. The molecule has 34 heavy (non-hydrogen) atoms. The third-order valence-electron chi connectivity index (χ3n) is 6.61. The maximum absolute atomic E-state index is 13.6. The second-order valence-corrected chi connectivity index (χ2v) is 9.29. The second kappa shape index (κ2) is 10.8. The number of pyridine rings is 2. The summed E-state index contributed by atoms with van der Waals surface area (Å²) < 4.78 is 0. The zero-order valence-corrected chi connectivity index (χ0v) is 19.9. The molecule has 1 unspecified atom stereocenters. The number of carbonyl (C=O) groups excluding carboxylic acids is 1. The third-order valence-corrected chi connectivity index (χ3v) is 6.82. The number of nitrogens with one attached hydrogen (secondary N) is 1. The number of carbonyl (C=O) groups is 2. The molecular weight excluding hydrogens is 450 g/mol. The number of rotatable bonds is 8. The topological polar surface area (TPSA) is 92.2 Å².